The lowest BCUT2D eigenvalue weighted by Crippen LogP contribution is -2.30. The van der Waals surface area contributed by atoms with Crippen molar-refractivity contribution in [2.24, 2.45) is 5.92 Å². The highest BCUT2D eigenvalue weighted by atomic mass is 32.2. The molecular weight excluding hydrogens is 302 g/mol. The molecule has 0 bridgehead atoms. The second-order valence-electron chi connectivity index (χ2n) is 4.24. The summed E-state index contributed by atoms with van der Waals surface area (Å²) in [6.45, 7) is 2.18. The molecule has 1 unspecified atom stereocenters. The summed E-state index contributed by atoms with van der Waals surface area (Å²) < 4.78 is 31.4. The first-order valence-corrected chi connectivity index (χ1v) is 8.58. The molecular formula is C12H19NO5S2. The molecule has 1 rings (SSSR count). The number of hydrogen-bond donors (Lipinski definition) is 2. The second-order valence-corrected chi connectivity index (χ2v) is 6.90. The predicted molar refractivity (Wildman–Crippen MR) is 76.3 cm³/mol. The van der Waals surface area contributed by atoms with Crippen LogP contribution in [0, 0.1) is 5.92 Å². The number of rotatable bonds is 8. The van der Waals surface area contributed by atoms with Crippen molar-refractivity contribution in [2.45, 2.75) is 24.7 Å². The van der Waals surface area contributed by atoms with Gasteiger partial charge in [-0.25, -0.2) is 17.9 Å². The molecule has 0 spiro atoms. The van der Waals surface area contributed by atoms with Crippen molar-refractivity contribution >= 4 is 27.3 Å². The van der Waals surface area contributed by atoms with Gasteiger partial charge in [0.25, 0.3) is 0 Å². The molecule has 1 aromatic rings. The van der Waals surface area contributed by atoms with E-state index in [9.17, 15) is 13.2 Å². The van der Waals surface area contributed by atoms with Crippen LogP contribution in [0.15, 0.2) is 16.3 Å². The van der Waals surface area contributed by atoms with Gasteiger partial charge in [0.1, 0.15) is 9.77 Å². The Morgan fingerprint density at radius 2 is 2.25 bits per heavy atom. The number of carbonyl (C=O) groups excluding carboxylic acids is 1. The van der Waals surface area contributed by atoms with Crippen LogP contribution in [0.4, 0.5) is 0 Å². The molecule has 0 aliphatic carbocycles. The van der Waals surface area contributed by atoms with E-state index in [1.807, 2.05) is 6.92 Å². The Morgan fingerprint density at radius 3 is 2.80 bits per heavy atom. The summed E-state index contributed by atoms with van der Waals surface area (Å²) in [5.74, 6) is -0.599. The van der Waals surface area contributed by atoms with Gasteiger partial charge in [-0.2, -0.15) is 0 Å². The van der Waals surface area contributed by atoms with Gasteiger partial charge in [0.2, 0.25) is 10.0 Å². The van der Waals surface area contributed by atoms with Crippen LogP contribution in [0.2, 0.25) is 0 Å². The van der Waals surface area contributed by atoms with Gasteiger partial charge in [0.05, 0.1) is 7.11 Å². The summed E-state index contributed by atoms with van der Waals surface area (Å²) in [7, 11) is -2.54. The highest BCUT2D eigenvalue weighted by molar-refractivity contribution is 7.89. The minimum Gasteiger partial charge on any atom is -0.465 e. The molecule has 1 heterocycles. The fourth-order valence-electron chi connectivity index (χ4n) is 1.69. The number of carbonyl (C=O) groups is 1. The van der Waals surface area contributed by atoms with Crippen LogP contribution in [0.3, 0.4) is 0 Å². The van der Waals surface area contributed by atoms with E-state index in [1.54, 1.807) is 0 Å². The average Bonchev–Trinajstić information content (AvgIpc) is 2.92. The number of aliphatic hydroxyl groups is 1. The van der Waals surface area contributed by atoms with Crippen molar-refractivity contribution in [2.75, 3.05) is 20.3 Å². The minimum atomic E-state index is -3.75. The van der Waals surface area contributed by atoms with Gasteiger partial charge in [-0.1, -0.05) is 13.3 Å². The maximum Gasteiger partial charge on any atom is 0.349 e. The lowest BCUT2D eigenvalue weighted by molar-refractivity contribution is 0.0602. The van der Waals surface area contributed by atoms with E-state index >= 15 is 0 Å². The number of nitrogens with one attached hydrogen (secondary N) is 1. The molecule has 0 saturated heterocycles. The first kappa shape index (κ1) is 17.1. The van der Waals surface area contributed by atoms with Gasteiger partial charge < -0.3 is 9.84 Å². The van der Waals surface area contributed by atoms with E-state index in [2.05, 4.69) is 9.46 Å². The number of aliphatic hydroxyl groups excluding tert-OH is 1. The van der Waals surface area contributed by atoms with Gasteiger partial charge in [0.15, 0.2) is 0 Å². The Hall–Kier alpha value is -0.960. The molecule has 0 aliphatic rings. The van der Waals surface area contributed by atoms with E-state index in [0.717, 1.165) is 17.8 Å². The van der Waals surface area contributed by atoms with Gasteiger partial charge >= 0.3 is 5.97 Å². The fraction of sp³-hybridized carbons (Fsp3) is 0.583. The van der Waals surface area contributed by atoms with Crippen LogP contribution in [0.1, 0.15) is 29.4 Å². The van der Waals surface area contributed by atoms with Gasteiger partial charge in [-0.15, -0.1) is 11.3 Å². The van der Waals surface area contributed by atoms with Crippen LogP contribution in [0.5, 0.6) is 0 Å². The van der Waals surface area contributed by atoms with E-state index in [1.165, 1.54) is 18.6 Å². The van der Waals surface area contributed by atoms with Crippen LogP contribution in [-0.4, -0.2) is 39.8 Å². The molecule has 0 amide bonds. The van der Waals surface area contributed by atoms with Crippen LogP contribution >= 0.6 is 11.3 Å². The van der Waals surface area contributed by atoms with E-state index in [-0.39, 0.29) is 28.8 Å². The van der Waals surface area contributed by atoms with Gasteiger partial charge in [0, 0.05) is 13.2 Å². The molecule has 0 aromatic carbocycles. The largest absolute Gasteiger partial charge is 0.465 e. The highest BCUT2D eigenvalue weighted by Gasteiger charge is 2.25. The van der Waals surface area contributed by atoms with Crippen molar-refractivity contribution < 1.29 is 23.1 Å². The third-order valence-electron chi connectivity index (χ3n) is 2.97. The molecule has 20 heavy (non-hydrogen) atoms. The number of hydrogen-bond acceptors (Lipinski definition) is 6. The van der Waals surface area contributed by atoms with Crippen LogP contribution in [0.25, 0.3) is 0 Å². The smallest absolute Gasteiger partial charge is 0.349 e. The maximum absolute atomic E-state index is 12.2. The standard InChI is InChI=1S/C12H19NO5S2/c1-3-9(4-6-14)8-13-20(16,17)10-5-7-19-11(10)12(15)18-2/h5,7,9,13-14H,3-4,6,8H2,1-2H3. The number of methoxy groups -OCH3 is 1. The number of sulfonamides is 1. The molecule has 1 atom stereocenters. The Morgan fingerprint density at radius 1 is 1.55 bits per heavy atom. The zero-order valence-electron chi connectivity index (χ0n) is 11.5. The molecule has 0 aliphatic heterocycles. The Balaban J connectivity index is 2.84. The molecule has 8 heteroatoms. The second kappa shape index (κ2) is 7.72. The lowest BCUT2D eigenvalue weighted by atomic mass is 10.0. The van der Waals surface area contributed by atoms with Crippen molar-refractivity contribution in [3.8, 4) is 0 Å². The molecule has 1 aromatic heterocycles. The molecule has 0 radical (unpaired) electrons. The van der Waals surface area contributed by atoms with Crippen molar-refractivity contribution in [3.63, 3.8) is 0 Å². The quantitative estimate of drug-likeness (QED) is 0.702. The molecule has 6 nitrogen and oxygen atoms in total. The summed E-state index contributed by atoms with van der Waals surface area (Å²) >= 11 is 1.03. The van der Waals surface area contributed by atoms with Crippen molar-refractivity contribution in [3.05, 3.63) is 16.3 Å². The molecule has 114 valence electrons. The minimum absolute atomic E-state index is 0.0199. The van der Waals surface area contributed by atoms with E-state index in [0.29, 0.717) is 6.42 Å². The summed E-state index contributed by atoms with van der Waals surface area (Å²) in [6, 6.07) is 1.38. The molecule has 0 fully saturated rings. The van der Waals surface area contributed by atoms with E-state index < -0.39 is 16.0 Å². The normalized spacial score (nSPS) is 13.2. The third-order valence-corrected chi connectivity index (χ3v) is 5.46. The Kier molecular flexibility index (Phi) is 6.60. The van der Waals surface area contributed by atoms with Crippen molar-refractivity contribution in [1.29, 1.82) is 0 Å². The fourth-order valence-corrected chi connectivity index (χ4v) is 4.14. The summed E-state index contributed by atoms with van der Waals surface area (Å²) in [4.78, 5) is 11.5. The monoisotopic (exact) mass is 321 g/mol. The van der Waals surface area contributed by atoms with Gasteiger partial charge in [-0.3, -0.25) is 0 Å². The number of thiophene rings is 1. The van der Waals surface area contributed by atoms with Gasteiger partial charge in [-0.05, 0) is 23.8 Å². The molecule has 0 saturated carbocycles. The lowest BCUT2D eigenvalue weighted by Gasteiger charge is -2.14. The Labute approximate surface area is 122 Å². The van der Waals surface area contributed by atoms with Crippen LogP contribution < -0.4 is 4.72 Å². The molecule has 2 N–H and O–H groups in total. The first-order valence-electron chi connectivity index (χ1n) is 6.22. The van der Waals surface area contributed by atoms with Crippen LogP contribution in [-0.2, 0) is 14.8 Å². The Bertz CT molecular complexity index is 538. The topological polar surface area (TPSA) is 92.7 Å². The summed E-state index contributed by atoms with van der Waals surface area (Å²) in [5.41, 5.74) is 0. The average molecular weight is 321 g/mol. The SMILES string of the molecule is CCC(CCO)CNS(=O)(=O)c1ccsc1C(=O)OC. The zero-order chi connectivity index (χ0) is 15.2. The first-order chi connectivity index (χ1) is 9.46. The maximum atomic E-state index is 12.2. The number of ether oxygens (including phenoxy) is 1. The highest BCUT2D eigenvalue weighted by Crippen LogP contribution is 2.23. The van der Waals surface area contributed by atoms with E-state index in [4.69, 9.17) is 5.11 Å². The predicted octanol–water partition coefficient (Wildman–Crippen LogP) is 1.22. The summed E-state index contributed by atoms with van der Waals surface area (Å²) in [5, 5.41) is 10.4. The third kappa shape index (κ3) is 4.27. The number of esters is 1. The summed E-state index contributed by atoms with van der Waals surface area (Å²) in [6.07, 6.45) is 1.29. The zero-order valence-corrected chi connectivity index (χ0v) is 13.1. The van der Waals surface area contributed by atoms with Crippen molar-refractivity contribution in [1.82, 2.24) is 4.72 Å².